The smallest absolute Gasteiger partial charge is 0.254 e. The molecule has 5 heteroatoms. The first-order valence-electron chi connectivity index (χ1n) is 8.61. The van der Waals surface area contributed by atoms with Gasteiger partial charge in [-0.05, 0) is 43.9 Å². The maximum absolute atomic E-state index is 13.1. The van der Waals surface area contributed by atoms with Crippen molar-refractivity contribution in [3.63, 3.8) is 0 Å². The van der Waals surface area contributed by atoms with Crippen LogP contribution in [0.2, 0.25) is 0 Å². The number of aryl methyl sites for hydroxylation is 2. The number of amides is 1. The van der Waals surface area contributed by atoms with Gasteiger partial charge in [0.2, 0.25) is 0 Å². The Bertz CT molecular complexity index is 947. The van der Waals surface area contributed by atoms with Gasteiger partial charge in [-0.3, -0.25) is 4.79 Å². The minimum Gasteiger partial charge on any atom is -0.339 e. The van der Waals surface area contributed by atoms with Gasteiger partial charge in [0.15, 0.2) is 0 Å². The summed E-state index contributed by atoms with van der Waals surface area (Å²) in [5.41, 5.74) is 5.43. The van der Waals surface area contributed by atoms with Crippen molar-refractivity contribution in [3.8, 4) is 11.3 Å². The summed E-state index contributed by atoms with van der Waals surface area (Å²) in [6.07, 6.45) is 7.11. The van der Waals surface area contributed by atoms with Crippen LogP contribution in [0.4, 0.5) is 0 Å². The fourth-order valence-electron chi connectivity index (χ4n) is 3.38. The number of rotatable bonds is 2. The zero-order valence-electron chi connectivity index (χ0n) is 14.5. The van der Waals surface area contributed by atoms with Gasteiger partial charge in [-0.2, -0.15) is 0 Å². The molecule has 0 unspecified atom stereocenters. The highest BCUT2D eigenvalue weighted by Gasteiger charge is 2.23. The topological polar surface area (TPSA) is 59.0 Å². The molecule has 4 rings (SSSR count). The number of likely N-dealkylation sites (tertiary alicyclic amines) is 1. The lowest BCUT2D eigenvalue weighted by Gasteiger charge is -2.18. The first-order valence-corrected chi connectivity index (χ1v) is 8.61. The highest BCUT2D eigenvalue weighted by molar-refractivity contribution is 6.08. The molecule has 1 fully saturated rings. The van der Waals surface area contributed by atoms with E-state index in [1.54, 1.807) is 12.4 Å². The first kappa shape index (κ1) is 15.7. The molecule has 1 amide bonds. The first-order chi connectivity index (χ1) is 12.1. The number of carbonyl (C=O) groups is 1. The normalized spacial score (nSPS) is 14.2. The second kappa shape index (κ2) is 6.24. The molecule has 25 heavy (non-hydrogen) atoms. The second-order valence-electron chi connectivity index (χ2n) is 6.59. The van der Waals surface area contributed by atoms with Crippen molar-refractivity contribution in [2.75, 3.05) is 13.1 Å². The molecular formula is C20H20N4O. The van der Waals surface area contributed by atoms with Crippen LogP contribution in [-0.2, 0) is 0 Å². The third-order valence-electron chi connectivity index (χ3n) is 4.99. The highest BCUT2D eigenvalue weighted by Crippen LogP contribution is 2.29. The molecule has 0 N–H and O–H groups in total. The molecule has 0 radical (unpaired) electrons. The molecule has 1 saturated heterocycles. The van der Waals surface area contributed by atoms with Crippen LogP contribution in [0.5, 0.6) is 0 Å². The lowest BCUT2D eigenvalue weighted by molar-refractivity contribution is 0.0794. The molecule has 1 aliphatic rings. The third-order valence-corrected chi connectivity index (χ3v) is 4.99. The maximum Gasteiger partial charge on any atom is 0.254 e. The minimum atomic E-state index is 0.0891. The molecule has 126 valence electrons. The van der Waals surface area contributed by atoms with Crippen LogP contribution < -0.4 is 0 Å². The zero-order valence-corrected chi connectivity index (χ0v) is 14.5. The summed E-state index contributed by atoms with van der Waals surface area (Å²) in [5, 5.41) is 0.917. The number of benzene rings is 1. The number of hydrogen-bond donors (Lipinski definition) is 0. The molecule has 0 spiro atoms. The molecular weight excluding hydrogens is 312 g/mol. The Balaban J connectivity index is 1.96. The summed E-state index contributed by atoms with van der Waals surface area (Å²) in [6, 6.07) is 5.96. The van der Waals surface area contributed by atoms with Crippen LogP contribution in [0.3, 0.4) is 0 Å². The van der Waals surface area contributed by atoms with Crippen molar-refractivity contribution >= 4 is 16.8 Å². The summed E-state index contributed by atoms with van der Waals surface area (Å²) in [5.74, 6) is 0.0891. The molecule has 2 aromatic heterocycles. The third kappa shape index (κ3) is 2.76. The Kier molecular flexibility index (Phi) is 3.92. The van der Waals surface area contributed by atoms with Crippen molar-refractivity contribution in [1.82, 2.24) is 19.9 Å². The molecule has 0 saturated carbocycles. The van der Waals surface area contributed by atoms with Crippen molar-refractivity contribution in [2.45, 2.75) is 26.7 Å². The van der Waals surface area contributed by atoms with Gasteiger partial charge in [0.1, 0.15) is 6.33 Å². The lowest BCUT2D eigenvalue weighted by Crippen LogP contribution is -2.28. The summed E-state index contributed by atoms with van der Waals surface area (Å²) < 4.78 is 0. The van der Waals surface area contributed by atoms with E-state index >= 15 is 0 Å². The van der Waals surface area contributed by atoms with Crippen molar-refractivity contribution in [3.05, 3.63) is 53.6 Å². The van der Waals surface area contributed by atoms with Gasteiger partial charge < -0.3 is 4.90 Å². The van der Waals surface area contributed by atoms with Gasteiger partial charge in [-0.15, -0.1) is 0 Å². The van der Waals surface area contributed by atoms with Crippen LogP contribution in [0, 0.1) is 13.8 Å². The van der Waals surface area contributed by atoms with E-state index in [2.05, 4.69) is 29.9 Å². The molecule has 1 aromatic carbocycles. The van der Waals surface area contributed by atoms with E-state index in [1.807, 2.05) is 17.0 Å². The Morgan fingerprint density at radius 1 is 1.08 bits per heavy atom. The van der Waals surface area contributed by atoms with Gasteiger partial charge in [-0.1, -0.05) is 12.1 Å². The molecule has 0 aliphatic carbocycles. The average Bonchev–Trinajstić information content (AvgIpc) is 3.19. The lowest BCUT2D eigenvalue weighted by atomic mass is 9.99. The predicted molar refractivity (Wildman–Crippen MR) is 97.4 cm³/mol. The SMILES string of the molecule is Cc1ccc2c(C(=O)N3CCCC3)cc(-c3cncnc3)nc2c1C. The fourth-order valence-corrected chi connectivity index (χ4v) is 3.38. The molecule has 5 nitrogen and oxygen atoms in total. The molecule has 3 aromatic rings. The number of nitrogens with zero attached hydrogens (tertiary/aromatic N) is 4. The van der Waals surface area contributed by atoms with Crippen LogP contribution in [-0.4, -0.2) is 38.8 Å². The minimum absolute atomic E-state index is 0.0891. The van der Waals surface area contributed by atoms with E-state index in [0.29, 0.717) is 5.56 Å². The van der Waals surface area contributed by atoms with Crippen molar-refractivity contribution < 1.29 is 4.79 Å². The van der Waals surface area contributed by atoms with Crippen LogP contribution in [0.25, 0.3) is 22.2 Å². The van der Waals surface area contributed by atoms with Gasteiger partial charge in [-0.25, -0.2) is 15.0 Å². The largest absolute Gasteiger partial charge is 0.339 e. The van der Waals surface area contributed by atoms with E-state index < -0.39 is 0 Å². The summed E-state index contributed by atoms with van der Waals surface area (Å²) in [6.45, 7) is 5.78. The van der Waals surface area contributed by atoms with E-state index in [-0.39, 0.29) is 5.91 Å². The zero-order chi connectivity index (χ0) is 17.4. The maximum atomic E-state index is 13.1. The van der Waals surface area contributed by atoms with Gasteiger partial charge in [0.05, 0.1) is 16.8 Å². The Hall–Kier alpha value is -2.82. The number of carbonyl (C=O) groups excluding carboxylic acids is 1. The van der Waals surface area contributed by atoms with E-state index in [4.69, 9.17) is 4.98 Å². The van der Waals surface area contributed by atoms with Crippen LogP contribution >= 0.6 is 0 Å². The second-order valence-corrected chi connectivity index (χ2v) is 6.59. The standard InChI is InChI=1S/C20H20N4O/c1-13-5-6-16-17(20(25)24-7-3-4-8-24)9-18(23-19(16)14(13)2)15-10-21-12-22-11-15/h5-6,9-12H,3-4,7-8H2,1-2H3. The van der Waals surface area contributed by atoms with Crippen LogP contribution in [0.1, 0.15) is 34.3 Å². The van der Waals surface area contributed by atoms with Gasteiger partial charge in [0.25, 0.3) is 5.91 Å². The summed E-state index contributed by atoms with van der Waals surface area (Å²) >= 11 is 0. The number of hydrogen-bond acceptors (Lipinski definition) is 4. The molecule has 0 atom stereocenters. The van der Waals surface area contributed by atoms with Crippen LogP contribution in [0.15, 0.2) is 36.9 Å². The van der Waals surface area contributed by atoms with Crippen molar-refractivity contribution in [2.24, 2.45) is 0 Å². The monoisotopic (exact) mass is 332 g/mol. The number of fused-ring (bicyclic) bond motifs is 1. The van der Waals surface area contributed by atoms with E-state index in [9.17, 15) is 4.79 Å². The molecule has 1 aliphatic heterocycles. The van der Waals surface area contributed by atoms with Crippen molar-refractivity contribution in [1.29, 1.82) is 0 Å². The number of aromatic nitrogens is 3. The highest BCUT2D eigenvalue weighted by atomic mass is 16.2. The van der Waals surface area contributed by atoms with E-state index in [0.717, 1.165) is 53.7 Å². The summed E-state index contributed by atoms with van der Waals surface area (Å²) in [7, 11) is 0. The van der Waals surface area contributed by atoms with Gasteiger partial charge in [0, 0.05) is 36.4 Å². The molecule has 0 bridgehead atoms. The Morgan fingerprint density at radius 3 is 2.52 bits per heavy atom. The fraction of sp³-hybridized carbons (Fsp3) is 0.300. The number of pyridine rings is 1. The molecule has 3 heterocycles. The Morgan fingerprint density at radius 2 is 1.80 bits per heavy atom. The predicted octanol–water partition coefficient (Wildman–Crippen LogP) is 3.54. The Labute approximate surface area is 146 Å². The average molecular weight is 332 g/mol. The summed E-state index contributed by atoms with van der Waals surface area (Å²) in [4.78, 5) is 28.0. The van der Waals surface area contributed by atoms with Gasteiger partial charge >= 0.3 is 0 Å². The quantitative estimate of drug-likeness (QED) is 0.720. The van der Waals surface area contributed by atoms with E-state index in [1.165, 1.54) is 11.9 Å².